The van der Waals surface area contributed by atoms with Crippen molar-refractivity contribution in [2.45, 2.75) is 26.2 Å². The van der Waals surface area contributed by atoms with Crippen molar-refractivity contribution < 1.29 is 0 Å². The maximum Gasteiger partial charge on any atom is -0.00916 e. The Bertz CT molecular complexity index is 298. The van der Waals surface area contributed by atoms with Gasteiger partial charge in [-0.05, 0) is 37.3 Å². The van der Waals surface area contributed by atoms with E-state index in [1.807, 2.05) is 0 Å². The van der Waals surface area contributed by atoms with Gasteiger partial charge in [0.1, 0.15) is 0 Å². The number of allylic oxidation sites excluding steroid dienone is 8. The fraction of sp³-hybridized carbons (Fsp3) is 0.333. The van der Waals surface area contributed by atoms with Gasteiger partial charge >= 0.3 is 0 Å². The summed E-state index contributed by atoms with van der Waals surface area (Å²) in [5.41, 5.74) is 4.55. The Morgan fingerprint density at radius 1 is 1.00 bits per heavy atom. The van der Waals surface area contributed by atoms with E-state index in [0.717, 1.165) is 6.42 Å². The third kappa shape index (κ3) is 1.42. The average molecular weight is 158 g/mol. The molecule has 0 aromatic carbocycles. The van der Waals surface area contributed by atoms with Crippen LogP contribution in [0.3, 0.4) is 0 Å². The van der Waals surface area contributed by atoms with E-state index in [4.69, 9.17) is 0 Å². The molecule has 0 unspecified atom stereocenters. The van der Waals surface area contributed by atoms with Gasteiger partial charge in [0.25, 0.3) is 0 Å². The van der Waals surface area contributed by atoms with Gasteiger partial charge in [-0.1, -0.05) is 36.0 Å². The molecule has 0 bridgehead atoms. The molecule has 0 spiro atoms. The molecule has 0 fully saturated rings. The monoisotopic (exact) mass is 158 g/mol. The minimum atomic E-state index is 1.14. The predicted octanol–water partition coefficient (Wildman–Crippen LogP) is 3.54. The molecule has 2 aliphatic rings. The van der Waals surface area contributed by atoms with Gasteiger partial charge in [-0.2, -0.15) is 0 Å². The van der Waals surface area contributed by atoms with E-state index in [1.165, 1.54) is 29.6 Å². The second kappa shape index (κ2) is 3.14. The van der Waals surface area contributed by atoms with Crippen molar-refractivity contribution in [1.82, 2.24) is 0 Å². The Kier molecular flexibility index (Phi) is 1.99. The van der Waals surface area contributed by atoms with Crippen LogP contribution in [0.5, 0.6) is 0 Å². The highest BCUT2D eigenvalue weighted by Crippen LogP contribution is 2.27. The van der Waals surface area contributed by atoms with Gasteiger partial charge in [0.05, 0.1) is 0 Å². The molecule has 62 valence electrons. The van der Waals surface area contributed by atoms with Gasteiger partial charge in [-0.25, -0.2) is 0 Å². The first-order valence-corrected chi connectivity index (χ1v) is 4.58. The molecule has 12 heavy (non-hydrogen) atoms. The Hall–Kier alpha value is -1.04. The van der Waals surface area contributed by atoms with Gasteiger partial charge in [0.15, 0.2) is 0 Å². The molecule has 0 radical (unpaired) electrons. The lowest BCUT2D eigenvalue weighted by Crippen LogP contribution is -1.93. The zero-order valence-electron chi connectivity index (χ0n) is 7.51. The summed E-state index contributed by atoms with van der Waals surface area (Å²) in [5, 5.41) is 0. The van der Waals surface area contributed by atoms with Crippen LogP contribution in [0.1, 0.15) is 26.2 Å². The Morgan fingerprint density at radius 3 is 2.50 bits per heavy atom. The van der Waals surface area contributed by atoms with Gasteiger partial charge in [0, 0.05) is 0 Å². The maximum absolute atomic E-state index is 2.28. The van der Waals surface area contributed by atoms with Crippen LogP contribution < -0.4 is 0 Å². The first-order chi connectivity index (χ1) is 5.86. The van der Waals surface area contributed by atoms with Crippen molar-refractivity contribution in [2.24, 2.45) is 0 Å². The minimum absolute atomic E-state index is 1.14. The van der Waals surface area contributed by atoms with Crippen molar-refractivity contribution in [3.8, 4) is 0 Å². The SMILES string of the molecule is CC1=CC=C(C2=CC=CC2)CC1. The highest BCUT2D eigenvalue weighted by molar-refractivity contribution is 5.43. The number of rotatable bonds is 1. The van der Waals surface area contributed by atoms with Crippen LogP contribution in [0, 0.1) is 0 Å². The van der Waals surface area contributed by atoms with Crippen molar-refractivity contribution in [3.63, 3.8) is 0 Å². The second-order valence-electron chi connectivity index (χ2n) is 3.53. The predicted molar refractivity (Wildman–Crippen MR) is 52.9 cm³/mol. The molecule has 2 aliphatic carbocycles. The Balaban J connectivity index is 2.15. The normalized spacial score (nSPS) is 21.9. The first-order valence-electron chi connectivity index (χ1n) is 4.58. The summed E-state index contributed by atoms with van der Waals surface area (Å²) in [6.07, 6.45) is 14.7. The maximum atomic E-state index is 2.28. The van der Waals surface area contributed by atoms with Crippen molar-refractivity contribution in [3.05, 3.63) is 47.1 Å². The van der Waals surface area contributed by atoms with Crippen LogP contribution in [0.15, 0.2) is 47.1 Å². The lowest BCUT2D eigenvalue weighted by molar-refractivity contribution is 0.906. The first kappa shape index (κ1) is 7.60. The minimum Gasteiger partial charge on any atom is -0.0801 e. The number of hydrogen-bond donors (Lipinski definition) is 0. The van der Waals surface area contributed by atoms with Gasteiger partial charge in [-0.15, -0.1) is 0 Å². The highest BCUT2D eigenvalue weighted by atomic mass is 14.1. The third-order valence-corrected chi connectivity index (χ3v) is 2.54. The van der Waals surface area contributed by atoms with Crippen LogP contribution in [0.25, 0.3) is 0 Å². The quantitative estimate of drug-likeness (QED) is 0.547. The molecular formula is C12H14. The van der Waals surface area contributed by atoms with Gasteiger partial charge in [0.2, 0.25) is 0 Å². The summed E-state index contributed by atoms with van der Waals surface area (Å²) in [6, 6.07) is 0. The third-order valence-electron chi connectivity index (χ3n) is 2.54. The molecule has 0 N–H and O–H groups in total. The van der Waals surface area contributed by atoms with Crippen molar-refractivity contribution in [2.75, 3.05) is 0 Å². The van der Waals surface area contributed by atoms with E-state index in [2.05, 4.69) is 37.3 Å². The fourth-order valence-corrected chi connectivity index (χ4v) is 1.69. The largest absolute Gasteiger partial charge is 0.0801 e. The molecule has 0 heterocycles. The standard InChI is InChI=1S/C12H14/c1-10-6-8-12(9-7-10)11-4-2-3-5-11/h2-4,6,8H,5,7,9H2,1H3. The van der Waals surface area contributed by atoms with Crippen LogP contribution >= 0.6 is 0 Å². The summed E-state index contributed by atoms with van der Waals surface area (Å²) < 4.78 is 0. The molecule has 2 rings (SSSR count). The highest BCUT2D eigenvalue weighted by Gasteiger charge is 2.08. The molecule has 0 aromatic heterocycles. The molecule has 0 aliphatic heterocycles. The van der Waals surface area contributed by atoms with Crippen LogP contribution in [0.4, 0.5) is 0 Å². The zero-order chi connectivity index (χ0) is 8.39. The smallest absolute Gasteiger partial charge is 0.00916 e. The van der Waals surface area contributed by atoms with Crippen LogP contribution in [-0.4, -0.2) is 0 Å². The van der Waals surface area contributed by atoms with Crippen molar-refractivity contribution in [1.29, 1.82) is 0 Å². The van der Waals surface area contributed by atoms with Crippen molar-refractivity contribution >= 4 is 0 Å². The van der Waals surface area contributed by atoms with Gasteiger partial charge < -0.3 is 0 Å². The molecule has 0 amide bonds. The molecular weight excluding hydrogens is 144 g/mol. The van der Waals surface area contributed by atoms with E-state index in [1.54, 1.807) is 0 Å². The summed E-state index contributed by atoms with van der Waals surface area (Å²) in [4.78, 5) is 0. The van der Waals surface area contributed by atoms with E-state index in [9.17, 15) is 0 Å². The Morgan fingerprint density at radius 2 is 1.92 bits per heavy atom. The molecule has 0 saturated carbocycles. The summed E-state index contributed by atoms with van der Waals surface area (Å²) in [7, 11) is 0. The second-order valence-corrected chi connectivity index (χ2v) is 3.53. The van der Waals surface area contributed by atoms with E-state index >= 15 is 0 Å². The average Bonchev–Trinajstić information content (AvgIpc) is 2.58. The summed E-state index contributed by atoms with van der Waals surface area (Å²) in [6.45, 7) is 2.20. The molecule has 0 atom stereocenters. The topological polar surface area (TPSA) is 0 Å². The fourth-order valence-electron chi connectivity index (χ4n) is 1.69. The van der Waals surface area contributed by atoms with Crippen LogP contribution in [-0.2, 0) is 0 Å². The van der Waals surface area contributed by atoms with Gasteiger partial charge in [-0.3, -0.25) is 0 Å². The molecule has 0 heteroatoms. The molecule has 0 nitrogen and oxygen atoms in total. The van der Waals surface area contributed by atoms with E-state index < -0.39 is 0 Å². The van der Waals surface area contributed by atoms with Crippen LogP contribution in [0.2, 0.25) is 0 Å². The molecule has 0 saturated heterocycles. The zero-order valence-corrected chi connectivity index (χ0v) is 7.51. The summed E-state index contributed by atoms with van der Waals surface area (Å²) >= 11 is 0. The number of hydrogen-bond acceptors (Lipinski definition) is 0. The van der Waals surface area contributed by atoms with E-state index in [0.29, 0.717) is 0 Å². The lowest BCUT2D eigenvalue weighted by Gasteiger charge is -2.12. The lowest BCUT2D eigenvalue weighted by atomic mass is 9.93. The van der Waals surface area contributed by atoms with E-state index in [-0.39, 0.29) is 0 Å². The Labute approximate surface area is 74.0 Å². The molecule has 0 aromatic rings. The summed E-state index contributed by atoms with van der Waals surface area (Å²) in [5.74, 6) is 0.